The number of halogens is 4. The summed E-state index contributed by atoms with van der Waals surface area (Å²) in [5.41, 5.74) is 5.73. The highest BCUT2D eigenvalue weighted by Gasteiger charge is 2.30. The van der Waals surface area contributed by atoms with Crippen LogP contribution in [0.25, 0.3) is 0 Å². The van der Waals surface area contributed by atoms with Crippen LogP contribution in [-0.4, -0.2) is 6.18 Å². The Kier molecular flexibility index (Phi) is 6.15. The highest BCUT2D eigenvalue weighted by molar-refractivity contribution is 5.51. The average molecular weight is 265 g/mol. The Hall–Kier alpha value is -1.26. The number of aryl methyl sites for hydroxylation is 1. The molecule has 0 unspecified atom stereocenters. The number of hydrogen-bond acceptors (Lipinski definition) is 1. The summed E-state index contributed by atoms with van der Waals surface area (Å²) in [5.74, 6) is -0.753. The molecule has 0 spiro atoms. The fraction of sp³-hybridized carbons (Fsp3) is 0.538. The van der Waals surface area contributed by atoms with Gasteiger partial charge in [0.25, 0.3) is 0 Å². The predicted octanol–water partition coefficient (Wildman–Crippen LogP) is 4.41. The molecule has 1 nitrogen and oxygen atoms in total. The number of rotatable bonds is 2. The maximum atomic E-state index is 13.4. The molecule has 1 aromatic carbocycles. The molecular formula is C13H19F4N. The molecule has 0 bridgehead atoms. The van der Waals surface area contributed by atoms with Gasteiger partial charge in [0.05, 0.1) is 12.1 Å². The minimum Gasteiger partial charge on any atom is -0.396 e. The van der Waals surface area contributed by atoms with Crippen LogP contribution < -0.4 is 5.73 Å². The van der Waals surface area contributed by atoms with Crippen LogP contribution in [0.15, 0.2) is 6.07 Å². The summed E-state index contributed by atoms with van der Waals surface area (Å²) in [6.45, 7) is 7.04. The Morgan fingerprint density at radius 1 is 1.22 bits per heavy atom. The van der Waals surface area contributed by atoms with Crippen molar-refractivity contribution in [2.75, 3.05) is 5.73 Å². The van der Waals surface area contributed by atoms with Crippen molar-refractivity contribution in [3.05, 3.63) is 28.6 Å². The van der Waals surface area contributed by atoms with Gasteiger partial charge in [0, 0.05) is 0 Å². The van der Waals surface area contributed by atoms with E-state index in [4.69, 9.17) is 5.73 Å². The van der Waals surface area contributed by atoms with E-state index in [2.05, 4.69) is 0 Å². The van der Waals surface area contributed by atoms with Crippen molar-refractivity contribution in [3.63, 3.8) is 0 Å². The van der Waals surface area contributed by atoms with Crippen LogP contribution in [0.1, 0.15) is 37.5 Å². The molecule has 0 aliphatic carbocycles. The SMILES string of the molecule is CC.CCc1cc(N)c(F)c(C)c1CC(F)(F)F. The minimum absolute atomic E-state index is 0.00157. The second-order valence-corrected chi connectivity index (χ2v) is 3.69. The lowest BCUT2D eigenvalue weighted by atomic mass is 9.95. The van der Waals surface area contributed by atoms with Crippen LogP contribution >= 0.6 is 0 Å². The van der Waals surface area contributed by atoms with Crippen LogP contribution in [0.3, 0.4) is 0 Å². The largest absolute Gasteiger partial charge is 0.396 e. The van der Waals surface area contributed by atoms with Crippen LogP contribution in [0.5, 0.6) is 0 Å². The zero-order valence-corrected chi connectivity index (χ0v) is 11.1. The molecular weight excluding hydrogens is 246 g/mol. The lowest BCUT2D eigenvalue weighted by Gasteiger charge is -2.15. The van der Waals surface area contributed by atoms with Crippen LogP contribution in [0.4, 0.5) is 23.2 Å². The topological polar surface area (TPSA) is 26.0 Å². The van der Waals surface area contributed by atoms with Gasteiger partial charge in [-0.05, 0) is 36.1 Å². The van der Waals surface area contributed by atoms with Gasteiger partial charge in [-0.15, -0.1) is 0 Å². The normalized spacial score (nSPS) is 10.9. The molecule has 0 radical (unpaired) electrons. The highest BCUT2D eigenvalue weighted by Crippen LogP contribution is 2.29. The first-order valence-corrected chi connectivity index (χ1v) is 5.89. The first kappa shape index (κ1) is 16.7. The van der Waals surface area contributed by atoms with E-state index in [1.165, 1.54) is 13.0 Å². The Morgan fingerprint density at radius 2 is 1.72 bits per heavy atom. The maximum absolute atomic E-state index is 13.4. The molecule has 0 fully saturated rings. The molecule has 0 aromatic heterocycles. The van der Waals surface area contributed by atoms with Crippen molar-refractivity contribution >= 4 is 5.69 Å². The molecule has 104 valence electrons. The van der Waals surface area contributed by atoms with E-state index in [0.717, 1.165) is 0 Å². The van der Waals surface area contributed by atoms with E-state index in [1.54, 1.807) is 6.92 Å². The summed E-state index contributed by atoms with van der Waals surface area (Å²) in [5, 5.41) is 0. The van der Waals surface area contributed by atoms with Gasteiger partial charge in [0.15, 0.2) is 0 Å². The van der Waals surface area contributed by atoms with Gasteiger partial charge < -0.3 is 5.73 Å². The summed E-state index contributed by atoms with van der Waals surface area (Å²) < 4.78 is 50.3. The Morgan fingerprint density at radius 3 is 2.11 bits per heavy atom. The van der Waals surface area contributed by atoms with Gasteiger partial charge in [-0.2, -0.15) is 13.2 Å². The van der Waals surface area contributed by atoms with Crippen LogP contribution in [0.2, 0.25) is 0 Å². The molecule has 1 rings (SSSR count). The number of hydrogen-bond donors (Lipinski definition) is 1. The molecule has 0 saturated carbocycles. The lowest BCUT2D eigenvalue weighted by molar-refractivity contribution is -0.127. The van der Waals surface area contributed by atoms with Crippen molar-refractivity contribution in [1.82, 2.24) is 0 Å². The van der Waals surface area contributed by atoms with Crippen molar-refractivity contribution in [2.45, 2.75) is 46.7 Å². The van der Waals surface area contributed by atoms with E-state index < -0.39 is 18.4 Å². The predicted molar refractivity (Wildman–Crippen MR) is 66.0 cm³/mol. The Labute approximate surface area is 105 Å². The van der Waals surface area contributed by atoms with E-state index in [1.807, 2.05) is 13.8 Å². The van der Waals surface area contributed by atoms with Crippen molar-refractivity contribution in [3.8, 4) is 0 Å². The second-order valence-electron chi connectivity index (χ2n) is 3.69. The maximum Gasteiger partial charge on any atom is 0.393 e. The molecule has 0 aliphatic heterocycles. The van der Waals surface area contributed by atoms with Crippen LogP contribution in [0, 0.1) is 12.7 Å². The number of nitrogen functional groups attached to an aromatic ring is 1. The zero-order valence-electron chi connectivity index (χ0n) is 11.1. The molecule has 18 heavy (non-hydrogen) atoms. The van der Waals surface area contributed by atoms with Gasteiger partial charge >= 0.3 is 6.18 Å². The molecule has 5 heteroatoms. The zero-order chi connectivity index (χ0) is 14.5. The van der Waals surface area contributed by atoms with E-state index in [0.29, 0.717) is 12.0 Å². The first-order valence-electron chi connectivity index (χ1n) is 5.89. The van der Waals surface area contributed by atoms with Crippen LogP contribution in [-0.2, 0) is 12.8 Å². The van der Waals surface area contributed by atoms with Crippen molar-refractivity contribution in [1.29, 1.82) is 0 Å². The summed E-state index contributed by atoms with van der Waals surface area (Å²) in [4.78, 5) is 0. The molecule has 2 N–H and O–H groups in total. The van der Waals surface area contributed by atoms with Gasteiger partial charge in [0.2, 0.25) is 0 Å². The number of benzene rings is 1. The Balaban J connectivity index is 0.00000137. The minimum atomic E-state index is -4.34. The third kappa shape index (κ3) is 4.20. The summed E-state index contributed by atoms with van der Waals surface area (Å²) in [6.07, 6.45) is -5.05. The molecule has 0 heterocycles. The smallest absolute Gasteiger partial charge is 0.393 e. The Bertz CT molecular complexity index is 397. The van der Waals surface area contributed by atoms with Crippen molar-refractivity contribution < 1.29 is 17.6 Å². The van der Waals surface area contributed by atoms with E-state index in [9.17, 15) is 17.6 Å². The molecule has 0 atom stereocenters. The monoisotopic (exact) mass is 265 g/mol. The number of alkyl halides is 3. The molecule has 1 aromatic rings. The summed E-state index contributed by atoms with van der Waals surface area (Å²) >= 11 is 0. The first-order chi connectivity index (χ1) is 8.26. The lowest BCUT2D eigenvalue weighted by Crippen LogP contribution is -2.15. The van der Waals surface area contributed by atoms with Gasteiger partial charge in [-0.1, -0.05) is 20.8 Å². The molecule has 0 aliphatic rings. The number of anilines is 1. The fourth-order valence-electron chi connectivity index (χ4n) is 1.69. The second kappa shape index (κ2) is 6.61. The standard InChI is InChI=1S/C11H13F4N.C2H6/c1-3-7-4-9(16)10(12)6(2)8(7)5-11(13,14)15;1-2/h4H,3,5,16H2,1-2H3;1-2H3. The molecule has 0 saturated heterocycles. The summed E-state index contributed by atoms with van der Waals surface area (Å²) in [7, 11) is 0. The third-order valence-corrected chi connectivity index (χ3v) is 2.51. The van der Waals surface area contributed by atoms with E-state index in [-0.39, 0.29) is 16.8 Å². The fourth-order valence-corrected chi connectivity index (χ4v) is 1.69. The average Bonchev–Trinajstić information content (AvgIpc) is 2.31. The summed E-state index contributed by atoms with van der Waals surface area (Å²) in [6, 6.07) is 1.28. The highest BCUT2D eigenvalue weighted by atomic mass is 19.4. The van der Waals surface area contributed by atoms with Gasteiger partial charge in [-0.3, -0.25) is 0 Å². The van der Waals surface area contributed by atoms with Gasteiger partial charge in [0.1, 0.15) is 5.82 Å². The quantitative estimate of drug-likeness (QED) is 0.622. The van der Waals surface area contributed by atoms with E-state index >= 15 is 0 Å². The van der Waals surface area contributed by atoms with Crippen molar-refractivity contribution in [2.24, 2.45) is 0 Å². The number of nitrogens with two attached hydrogens (primary N) is 1. The molecule has 0 amide bonds. The third-order valence-electron chi connectivity index (χ3n) is 2.51. The van der Waals surface area contributed by atoms with Gasteiger partial charge in [-0.25, -0.2) is 4.39 Å².